The van der Waals surface area contributed by atoms with Crippen LogP contribution in [0.2, 0.25) is 5.02 Å². The van der Waals surface area contributed by atoms with Crippen LogP contribution in [0, 0.1) is 0 Å². The molecule has 1 amide bonds. The quantitative estimate of drug-likeness (QED) is 0.743. The van der Waals surface area contributed by atoms with E-state index in [0.717, 1.165) is 18.5 Å². The summed E-state index contributed by atoms with van der Waals surface area (Å²) in [6.07, 6.45) is 4.41. The molecule has 21 heavy (non-hydrogen) atoms. The number of rotatable bonds is 2. The van der Waals surface area contributed by atoms with Crippen molar-refractivity contribution in [3.63, 3.8) is 0 Å². The van der Waals surface area contributed by atoms with Gasteiger partial charge in [0.25, 0.3) is 0 Å². The Hall–Kier alpha value is -1.58. The fourth-order valence-electron chi connectivity index (χ4n) is 2.68. The van der Waals surface area contributed by atoms with Gasteiger partial charge >= 0.3 is 0 Å². The van der Waals surface area contributed by atoms with Crippen LogP contribution >= 0.6 is 22.9 Å². The molecule has 2 nitrogen and oxygen atoms in total. The number of thiophene rings is 1. The van der Waals surface area contributed by atoms with E-state index in [2.05, 4.69) is 18.4 Å². The van der Waals surface area contributed by atoms with Crippen molar-refractivity contribution in [1.82, 2.24) is 4.90 Å². The SMILES string of the molecule is C[C@@H]1c2ccsc2CCN1C(=O)/C=C/c1cccc(Cl)c1. The Bertz CT molecular complexity index is 692. The van der Waals surface area contributed by atoms with Crippen LogP contribution in [0.5, 0.6) is 0 Å². The summed E-state index contributed by atoms with van der Waals surface area (Å²) in [4.78, 5) is 15.7. The Labute approximate surface area is 133 Å². The molecule has 1 aliphatic rings. The van der Waals surface area contributed by atoms with Crippen LogP contribution in [-0.2, 0) is 11.2 Å². The smallest absolute Gasteiger partial charge is 0.247 e. The van der Waals surface area contributed by atoms with Crippen LogP contribution in [-0.4, -0.2) is 17.4 Å². The summed E-state index contributed by atoms with van der Waals surface area (Å²) >= 11 is 7.73. The van der Waals surface area contributed by atoms with Gasteiger partial charge in [0.15, 0.2) is 0 Å². The highest BCUT2D eigenvalue weighted by Gasteiger charge is 2.26. The standard InChI is InChI=1S/C17H16ClNOS/c1-12-15-8-10-21-16(15)7-9-19(12)17(20)6-5-13-3-2-4-14(18)11-13/h2-6,8,10-12H,7,9H2,1H3/b6-5+/t12-/m1/s1. The molecule has 1 aromatic heterocycles. The van der Waals surface area contributed by atoms with Crippen LogP contribution in [0.1, 0.15) is 29.0 Å². The van der Waals surface area contributed by atoms with E-state index in [1.807, 2.05) is 35.2 Å². The summed E-state index contributed by atoms with van der Waals surface area (Å²) in [6, 6.07) is 9.77. The number of amides is 1. The topological polar surface area (TPSA) is 20.3 Å². The fourth-order valence-corrected chi connectivity index (χ4v) is 3.85. The molecule has 0 spiro atoms. The minimum Gasteiger partial charge on any atom is -0.332 e. The lowest BCUT2D eigenvalue weighted by atomic mass is 10.0. The van der Waals surface area contributed by atoms with Crippen LogP contribution in [0.25, 0.3) is 6.08 Å². The molecule has 2 heterocycles. The van der Waals surface area contributed by atoms with E-state index in [4.69, 9.17) is 11.6 Å². The van der Waals surface area contributed by atoms with E-state index in [0.29, 0.717) is 5.02 Å². The molecule has 3 rings (SSSR count). The summed E-state index contributed by atoms with van der Waals surface area (Å²) in [7, 11) is 0. The van der Waals surface area contributed by atoms with Crippen molar-refractivity contribution in [2.75, 3.05) is 6.54 Å². The highest BCUT2D eigenvalue weighted by molar-refractivity contribution is 7.10. The van der Waals surface area contributed by atoms with E-state index >= 15 is 0 Å². The lowest BCUT2D eigenvalue weighted by molar-refractivity contribution is -0.128. The first-order valence-corrected chi connectivity index (χ1v) is 8.21. The van der Waals surface area contributed by atoms with Gasteiger partial charge in [-0.05, 0) is 54.1 Å². The van der Waals surface area contributed by atoms with Gasteiger partial charge < -0.3 is 4.90 Å². The van der Waals surface area contributed by atoms with Gasteiger partial charge in [-0.15, -0.1) is 11.3 Å². The highest BCUT2D eigenvalue weighted by Crippen LogP contribution is 2.32. The van der Waals surface area contributed by atoms with E-state index < -0.39 is 0 Å². The van der Waals surface area contributed by atoms with Crippen LogP contribution in [0.4, 0.5) is 0 Å². The zero-order valence-electron chi connectivity index (χ0n) is 11.8. The zero-order valence-corrected chi connectivity index (χ0v) is 13.3. The molecule has 0 radical (unpaired) electrons. The van der Waals surface area contributed by atoms with E-state index in [1.165, 1.54) is 10.4 Å². The molecule has 108 valence electrons. The maximum atomic E-state index is 12.4. The van der Waals surface area contributed by atoms with Gasteiger partial charge in [-0.1, -0.05) is 23.7 Å². The second kappa shape index (κ2) is 6.04. The predicted octanol–water partition coefficient (Wildman–Crippen LogP) is 4.56. The average molecular weight is 318 g/mol. The molecular formula is C17H16ClNOS. The molecule has 1 aliphatic heterocycles. The first kappa shape index (κ1) is 14.4. The van der Waals surface area contributed by atoms with Crippen molar-refractivity contribution in [1.29, 1.82) is 0 Å². The molecule has 1 aromatic carbocycles. The Morgan fingerprint density at radius 2 is 2.29 bits per heavy atom. The third-order valence-corrected chi connectivity index (χ3v) is 5.06. The number of fused-ring (bicyclic) bond motifs is 1. The maximum Gasteiger partial charge on any atom is 0.247 e. The van der Waals surface area contributed by atoms with Crippen LogP contribution in [0.15, 0.2) is 41.8 Å². The maximum absolute atomic E-state index is 12.4. The monoisotopic (exact) mass is 317 g/mol. The number of carbonyl (C=O) groups excluding carboxylic acids is 1. The number of carbonyl (C=O) groups is 1. The third kappa shape index (κ3) is 3.04. The van der Waals surface area contributed by atoms with Gasteiger partial charge in [0, 0.05) is 22.5 Å². The summed E-state index contributed by atoms with van der Waals surface area (Å²) in [5, 5.41) is 2.79. The summed E-state index contributed by atoms with van der Waals surface area (Å²) in [6.45, 7) is 2.88. The van der Waals surface area contributed by atoms with Crippen LogP contribution < -0.4 is 0 Å². The van der Waals surface area contributed by atoms with Gasteiger partial charge in [0.05, 0.1) is 6.04 Å². The largest absolute Gasteiger partial charge is 0.332 e. The molecule has 0 fully saturated rings. The van der Waals surface area contributed by atoms with Crippen molar-refractivity contribution in [3.8, 4) is 0 Å². The lowest BCUT2D eigenvalue weighted by Crippen LogP contribution is -2.37. The first-order chi connectivity index (χ1) is 10.1. The van der Waals surface area contributed by atoms with Gasteiger partial charge in [0.1, 0.15) is 0 Å². The molecule has 1 atom stereocenters. The van der Waals surface area contributed by atoms with Gasteiger partial charge in [-0.25, -0.2) is 0 Å². The third-order valence-electron chi connectivity index (χ3n) is 3.83. The number of hydrogen-bond donors (Lipinski definition) is 0. The molecule has 0 bridgehead atoms. The predicted molar refractivity (Wildman–Crippen MR) is 88.6 cm³/mol. The molecule has 0 saturated heterocycles. The van der Waals surface area contributed by atoms with E-state index in [9.17, 15) is 4.79 Å². The Morgan fingerprint density at radius 3 is 3.10 bits per heavy atom. The molecule has 0 unspecified atom stereocenters. The normalized spacial score (nSPS) is 18.0. The van der Waals surface area contributed by atoms with Gasteiger partial charge in [-0.2, -0.15) is 0 Å². The number of nitrogens with zero attached hydrogens (tertiary/aromatic N) is 1. The Kier molecular flexibility index (Phi) is 4.13. The summed E-state index contributed by atoms with van der Waals surface area (Å²) in [5.74, 6) is 0.0549. The van der Waals surface area contributed by atoms with Gasteiger partial charge in [0.2, 0.25) is 5.91 Å². The molecular weight excluding hydrogens is 302 g/mol. The second-order valence-corrected chi connectivity index (χ2v) is 6.58. The van der Waals surface area contributed by atoms with E-state index in [-0.39, 0.29) is 11.9 Å². The van der Waals surface area contributed by atoms with Crippen molar-refractivity contribution in [2.45, 2.75) is 19.4 Å². The minimum absolute atomic E-state index is 0.0549. The molecule has 0 N–H and O–H groups in total. The molecule has 0 aliphatic carbocycles. The lowest BCUT2D eigenvalue weighted by Gasteiger charge is -2.32. The number of hydrogen-bond acceptors (Lipinski definition) is 2. The summed E-state index contributed by atoms with van der Waals surface area (Å²) < 4.78 is 0. The van der Waals surface area contributed by atoms with Crippen molar-refractivity contribution < 1.29 is 4.79 Å². The van der Waals surface area contributed by atoms with Crippen LogP contribution in [0.3, 0.4) is 0 Å². The van der Waals surface area contributed by atoms with E-state index in [1.54, 1.807) is 17.4 Å². The second-order valence-electron chi connectivity index (χ2n) is 5.15. The van der Waals surface area contributed by atoms with Crippen molar-refractivity contribution >= 4 is 34.9 Å². The average Bonchev–Trinajstić information content (AvgIpc) is 2.95. The Balaban J connectivity index is 1.74. The highest BCUT2D eigenvalue weighted by atomic mass is 35.5. The molecule has 4 heteroatoms. The van der Waals surface area contributed by atoms with Crippen molar-refractivity contribution in [2.24, 2.45) is 0 Å². The van der Waals surface area contributed by atoms with Crippen molar-refractivity contribution in [3.05, 3.63) is 62.8 Å². The minimum atomic E-state index is 0.0549. The number of halogens is 1. The fraction of sp³-hybridized carbons (Fsp3) is 0.235. The van der Waals surface area contributed by atoms with Gasteiger partial charge in [-0.3, -0.25) is 4.79 Å². The summed E-state index contributed by atoms with van der Waals surface area (Å²) in [5.41, 5.74) is 2.23. The first-order valence-electron chi connectivity index (χ1n) is 6.95. The zero-order chi connectivity index (χ0) is 14.8. The molecule has 2 aromatic rings. The molecule has 0 saturated carbocycles. The number of benzene rings is 1. The Morgan fingerprint density at radius 1 is 1.43 bits per heavy atom.